The quantitative estimate of drug-likeness (QED) is 0.149. The molecular weight excluding hydrogens is 487 g/mol. The highest BCUT2D eigenvalue weighted by molar-refractivity contribution is 6.62. The van der Waals surface area contributed by atoms with E-state index in [1.54, 1.807) is 0 Å². The zero-order valence-corrected chi connectivity index (χ0v) is 22.3. The summed E-state index contributed by atoms with van der Waals surface area (Å²) in [6.45, 7) is 0. The summed E-state index contributed by atoms with van der Waals surface area (Å²) in [5, 5.41) is 0. The first kappa shape index (κ1) is 26.6. The topological polar surface area (TPSA) is 18.5 Å². The molecule has 0 N–H and O–H groups in total. The van der Waals surface area contributed by atoms with Gasteiger partial charge in [0, 0.05) is 11.4 Å². The zero-order chi connectivity index (χ0) is 27.2. The van der Waals surface area contributed by atoms with Crippen LogP contribution in [0.2, 0.25) is 0 Å². The van der Waals surface area contributed by atoms with E-state index in [4.69, 9.17) is 9.31 Å². The van der Waals surface area contributed by atoms with Crippen molar-refractivity contribution in [2.24, 2.45) is 0 Å². The lowest BCUT2D eigenvalue weighted by atomic mass is 9.78. The predicted molar refractivity (Wildman–Crippen MR) is 166 cm³/mol. The molecule has 0 saturated carbocycles. The zero-order valence-electron chi connectivity index (χ0n) is 22.3. The van der Waals surface area contributed by atoms with Gasteiger partial charge in [0.15, 0.2) is 0 Å². The molecule has 2 nitrogen and oxygen atoms in total. The second kappa shape index (κ2) is 14.2. The second-order valence-corrected chi connectivity index (χ2v) is 9.27. The van der Waals surface area contributed by atoms with E-state index in [0.29, 0.717) is 5.92 Å². The second-order valence-electron chi connectivity index (χ2n) is 9.27. The molecular formula is C37H31BO2. The molecule has 3 heteroatoms. The van der Waals surface area contributed by atoms with Gasteiger partial charge in [0.2, 0.25) is 0 Å². The summed E-state index contributed by atoms with van der Waals surface area (Å²) >= 11 is 0. The van der Waals surface area contributed by atoms with Crippen molar-refractivity contribution >= 4 is 12.6 Å². The van der Waals surface area contributed by atoms with Crippen molar-refractivity contribution in [2.45, 2.75) is 5.92 Å². The molecule has 0 radical (unpaired) electrons. The molecule has 194 valence electrons. The largest absolute Gasteiger partial charge is 0.632 e. The van der Waals surface area contributed by atoms with Gasteiger partial charge in [-0.1, -0.05) is 158 Å². The van der Waals surface area contributed by atoms with E-state index in [-0.39, 0.29) is 0 Å². The van der Waals surface area contributed by atoms with E-state index in [0.717, 1.165) is 17.0 Å². The van der Waals surface area contributed by atoms with Gasteiger partial charge in [0.05, 0.1) is 0 Å². The third-order valence-electron chi connectivity index (χ3n) is 6.44. The van der Waals surface area contributed by atoms with Gasteiger partial charge in [-0.15, -0.1) is 0 Å². The lowest BCUT2D eigenvalue weighted by molar-refractivity contribution is 0.439. The van der Waals surface area contributed by atoms with Crippen molar-refractivity contribution in [3.8, 4) is 11.5 Å². The summed E-state index contributed by atoms with van der Waals surface area (Å²) in [5.74, 6) is 1.87. The molecule has 0 heterocycles. The number of rotatable bonds is 8. The van der Waals surface area contributed by atoms with E-state index >= 15 is 0 Å². The van der Waals surface area contributed by atoms with Crippen LogP contribution in [-0.2, 0) is 0 Å². The minimum absolute atomic E-state index is 0.309. The first-order valence-electron chi connectivity index (χ1n) is 13.5. The van der Waals surface area contributed by atoms with Crippen molar-refractivity contribution in [1.82, 2.24) is 0 Å². The normalized spacial score (nSPS) is 10.2. The van der Waals surface area contributed by atoms with Crippen LogP contribution < -0.4 is 14.8 Å². The van der Waals surface area contributed by atoms with Crippen LogP contribution in [0.25, 0.3) is 0 Å². The molecule has 0 atom stereocenters. The molecule has 0 aliphatic rings. The number of hydrogen-bond donors (Lipinski definition) is 0. The Hall–Kier alpha value is -5.02. The molecule has 0 saturated heterocycles. The maximum absolute atomic E-state index is 5.98. The van der Waals surface area contributed by atoms with Crippen molar-refractivity contribution in [3.05, 3.63) is 199 Å². The van der Waals surface area contributed by atoms with Gasteiger partial charge < -0.3 is 9.31 Å². The summed E-state index contributed by atoms with van der Waals surface area (Å²) in [6.07, 6.45) is 0. The lowest BCUT2D eigenvalue weighted by Crippen LogP contribution is -2.42. The average molecular weight is 518 g/mol. The van der Waals surface area contributed by atoms with E-state index in [1.165, 1.54) is 16.7 Å². The first-order valence-corrected chi connectivity index (χ1v) is 13.5. The minimum Gasteiger partial charge on any atom is -0.522 e. The van der Waals surface area contributed by atoms with Crippen LogP contribution in [0.1, 0.15) is 22.6 Å². The van der Waals surface area contributed by atoms with Crippen LogP contribution in [-0.4, -0.2) is 7.12 Å². The van der Waals surface area contributed by atoms with Crippen molar-refractivity contribution in [2.75, 3.05) is 0 Å². The van der Waals surface area contributed by atoms with Crippen LogP contribution in [0.3, 0.4) is 0 Å². The van der Waals surface area contributed by atoms with Crippen LogP contribution in [0.4, 0.5) is 0 Å². The number of para-hydroxylation sites is 2. The third-order valence-corrected chi connectivity index (χ3v) is 6.44. The monoisotopic (exact) mass is 518 g/mol. The highest BCUT2D eigenvalue weighted by Gasteiger charge is 2.26. The molecule has 0 unspecified atom stereocenters. The van der Waals surface area contributed by atoms with E-state index < -0.39 is 7.12 Å². The molecule has 40 heavy (non-hydrogen) atoms. The van der Waals surface area contributed by atoms with Gasteiger partial charge in [-0.2, -0.15) is 0 Å². The van der Waals surface area contributed by atoms with E-state index in [1.807, 2.05) is 91.0 Å². The fourth-order valence-electron chi connectivity index (χ4n) is 4.53. The molecule has 0 amide bonds. The van der Waals surface area contributed by atoms with E-state index in [2.05, 4.69) is 91.0 Å². The SMILES string of the molecule is c1ccc(C(c2ccccc2)c2ccccc2)cc1.c1ccc(OB(Oc2ccccc2)c2ccccc2)cc1. The highest BCUT2D eigenvalue weighted by Crippen LogP contribution is 2.31. The molecule has 0 fully saturated rings. The summed E-state index contributed by atoms with van der Waals surface area (Å²) in [7, 11) is -0.476. The maximum Gasteiger partial charge on any atom is 0.632 e. The van der Waals surface area contributed by atoms with Gasteiger partial charge in [-0.05, 0) is 41.0 Å². The molecule has 0 aliphatic heterocycles. The number of benzene rings is 6. The Morgan fingerprint density at radius 3 is 0.925 bits per heavy atom. The average Bonchev–Trinajstić information content (AvgIpc) is 3.04. The van der Waals surface area contributed by atoms with E-state index in [9.17, 15) is 0 Å². The smallest absolute Gasteiger partial charge is 0.522 e. The fraction of sp³-hybridized carbons (Fsp3) is 0.0270. The molecule has 6 rings (SSSR count). The van der Waals surface area contributed by atoms with Crippen LogP contribution >= 0.6 is 0 Å². The molecule has 0 aliphatic carbocycles. The molecule has 6 aromatic rings. The van der Waals surface area contributed by atoms with Crippen molar-refractivity contribution in [1.29, 1.82) is 0 Å². The van der Waals surface area contributed by atoms with Gasteiger partial charge in [-0.3, -0.25) is 0 Å². The van der Waals surface area contributed by atoms with Gasteiger partial charge in [0.1, 0.15) is 11.5 Å². The van der Waals surface area contributed by atoms with Crippen LogP contribution in [0.5, 0.6) is 11.5 Å². The van der Waals surface area contributed by atoms with Crippen LogP contribution in [0, 0.1) is 0 Å². The van der Waals surface area contributed by atoms with Gasteiger partial charge in [-0.25, -0.2) is 0 Å². The van der Waals surface area contributed by atoms with Crippen LogP contribution in [0.15, 0.2) is 182 Å². The van der Waals surface area contributed by atoms with Gasteiger partial charge in [0.25, 0.3) is 0 Å². The molecule has 0 bridgehead atoms. The van der Waals surface area contributed by atoms with Crippen molar-refractivity contribution < 1.29 is 9.31 Å². The molecule has 0 spiro atoms. The summed E-state index contributed by atoms with van der Waals surface area (Å²) < 4.78 is 12.0. The number of hydrogen-bond acceptors (Lipinski definition) is 2. The Labute approximate surface area is 237 Å². The predicted octanol–water partition coefficient (Wildman–Crippen LogP) is 8.41. The Morgan fingerprint density at radius 2 is 0.600 bits per heavy atom. The first-order chi connectivity index (χ1) is 19.9. The summed E-state index contributed by atoms with van der Waals surface area (Å²) in [5.41, 5.74) is 4.98. The highest BCUT2D eigenvalue weighted by atomic mass is 16.6. The maximum atomic E-state index is 5.98. The Morgan fingerprint density at radius 1 is 0.325 bits per heavy atom. The fourth-order valence-corrected chi connectivity index (χ4v) is 4.53. The lowest BCUT2D eigenvalue weighted by Gasteiger charge is -2.18. The minimum atomic E-state index is -0.476. The molecule has 0 aromatic heterocycles. The van der Waals surface area contributed by atoms with Crippen molar-refractivity contribution in [3.63, 3.8) is 0 Å². The standard InChI is InChI=1S/C19H16.C18H15BO2/c1-4-10-16(11-5-1)19(17-12-6-2-7-13-17)18-14-8-3-9-15-18;1-4-10-16(11-5-1)19(20-17-12-6-2-7-13-17)21-18-14-8-3-9-15-18/h1-15,19H;1-15H. The summed E-state index contributed by atoms with van der Waals surface area (Å²) in [6, 6.07) is 61.3. The third kappa shape index (κ3) is 7.52. The summed E-state index contributed by atoms with van der Waals surface area (Å²) in [4.78, 5) is 0. The Balaban J connectivity index is 0.000000162. The molecule has 6 aromatic carbocycles. The Kier molecular flexibility index (Phi) is 9.45. The Bertz CT molecular complexity index is 1380. The van der Waals surface area contributed by atoms with Gasteiger partial charge >= 0.3 is 7.12 Å².